The zero-order valence-corrected chi connectivity index (χ0v) is 11.0. The predicted molar refractivity (Wildman–Crippen MR) is 66.0 cm³/mol. The number of fused-ring (bicyclic) bond motifs is 3. The number of hydrogen-bond acceptors (Lipinski definition) is 1. The number of hydrogen-bond donors (Lipinski definition) is 1. The van der Waals surface area contributed by atoms with E-state index in [9.17, 15) is 5.11 Å². The summed E-state index contributed by atoms with van der Waals surface area (Å²) in [6.07, 6.45) is 3.45. The fourth-order valence-electron chi connectivity index (χ4n) is 4.79. The van der Waals surface area contributed by atoms with Crippen LogP contribution in [0.25, 0.3) is 0 Å². The maximum Gasteiger partial charge on any atom is 0.0690 e. The fraction of sp³-hybridized carbons (Fsp3) is 0.867. The molecule has 90 valence electrons. The van der Waals surface area contributed by atoms with Gasteiger partial charge in [0.15, 0.2) is 0 Å². The van der Waals surface area contributed by atoms with Crippen LogP contribution in [-0.2, 0) is 0 Å². The van der Waals surface area contributed by atoms with Crippen molar-refractivity contribution < 1.29 is 5.11 Å². The Bertz CT molecular complexity index is 350. The summed E-state index contributed by atoms with van der Waals surface area (Å²) in [5.74, 6) is 3.86. The maximum atomic E-state index is 10.6. The van der Waals surface area contributed by atoms with Gasteiger partial charge in [-0.15, -0.1) is 0 Å². The largest absolute Gasteiger partial charge is 0.390 e. The zero-order valence-electron chi connectivity index (χ0n) is 11.0. The van der Waals surface area contributed by atoms with Gasteiger partial charge in [0.05, 0.1) is 5.60 Å². The van der Waals surface area contributed by atoms with Crippen LogP contribution < -0.4 is 0 Å². The van der Waals surface area contributed by atoms with Gasteiger partial charge in [0.1, 0.15) is 0 Å². The molecule has 0 heterocycles. The molecule has 5 atom stereocenters. The van der Waals surface area contributed by atoms with Gasteiger partial charge < -0.3 is 5.11 Å². The van der Waals surface area contributed by atoms with Gasteiger partial charge in [-0.3, -0.25) is 0 Å². The smallest absolute Gasteiger partial charge is 0.0690 e. The highest BCUT2D eigenvalue weighted by atomic mass is 16.3. The van der Waals surface area contributed by atoms with Gasteiger partial charge in [0, 0.05) is 5.92 Å². The molecule has 3 aliphatic rings. The second kappa shape index (κ2) is 3.13. The first-order chi connectivity index (χ1) is 7.43. The van der Waals surface area contributed by atoms with Crippen LogP contribution in [0.2, 0.25) is 0 Å². The normalized spacial score (nSPS) is 50.6. The molecule has 0 aromatic carbocycles. The Balaban J connectivity index is 1.95. The van der Waals surface area contributed by atoms with E-state index in [1.807, 2.05) is 0 Å². The van der Waals surface area contributed by atoms with E-state index < -0.39 is 5.60 Å². The molecule has 0 aliphatic heterocycles. The third-order valence-corrected chi connectivity index (χ3v) is 5.48. The SMILES string of the molecule is CC1=C2CCC(C)(O)C2[C@@H]2C(C(C)C)[C@@H]2C1. The van der Waals surface area contributed by atoms with Crippen molar-refractivity contribution in [3.63, 3.8) is 0 Å². The second-order valence-electron chi connectivity index (χ2n) is 6.91. The van der Waals surface area contributed by atoms with Gasteiger partial charge >= 0.3 is 0 Å². The average molecular weight is 220 g/mol. The van der Waals surface area contributed by atoms with Crippen LogP contribution in [0.5, 0.6) is 0 Å². The average Bonchev–Trinajstić information content (AvgIpc) is 2.77. The Morgan fingerprint density at radius 1 is 1.38 bits per heavy atom. The molecule has 0 aromatic heterocycles. The molecule has 1 N–H and O–H groups in total. The van der Waals surface area contributed by atoms with E-state index in [4.69, 9.17) is 0 Å². The van der Waals surface area contributed by atoms with Gasteiger partial charge in [-0.05, 0) is 56.8 Å². The highest BCUT2D eigenvalue weighted by molar-refractivity contribution is 5.33. The Hall–Kier alpha value is -0.300. The lowest BCUT2D eigenvalue weighted by Gasteiger charge is -2.30. The van der Waals surface area contributed by atoms with Gasteiger partial charge in [-0.2, -0.15) is 0 Å². The molecule has 1 nitrogen and oxygen atoms in total. The summed E-state index contributed by atoms with van der Waals surface area (Å²) in [6, 6.07) is 0. The van der Waals surface area contributed by atoms with E-state index in [0.29, 0.717) is 5.92 Å². The maximum absolute atomic E-state index is 10.6. The number of aliphatic hydroxyl groups is 1. The standard InChI is InChI=1S/C15H24O/c1-8(2)12-11-7-9(3)10-5-6-15(4,16)14(10)13(11)12/h8,11-14,16H,5-7H2,1-4H3/t11-,12?,13-,14?,15?/m0/s1. The van der Waals surface area contributed by atoms with Crippen LogP contribution in [-0.4, -0.2) is 10.7 Å². The molecule has 0 bridgehead atoms. The van der Waals surface area contributed by atoms with Gasteiger partial charge in [-0.1, -0.05) is 25.0 Å². The van der Waals surface area contributed by atoms with E-state index in [1.165, 1.54) is 6.42 Å². The predicted octanol–water partition coefficient (Wildman–Crippen LogP) is 3.39. The second-order valence-corrected chi connectivity index (χ2v) is 6.91. The fourth-order valence-corrected chi connectivity index (χ4v) is 4.79. The van der Waals surface area contributed by atoms with Crippen LogP contribution >= 0.6 is 0 Å². The molecule has 3 aliphatic carbocycles. The lowest BCUT2D eigenvalue weighted by molar-refractivity contribution is 0.0151. The van der Waals surface area contributed by atoms with E-state index in [2.05, 4.69) is 27.7 Å². The van der Waals surface area contributed by atoms with E-state index in [-0.39, 0.29) is 0 Å². The van der Waals surface area contributed by atoms with Crippen LogP contribution in [0.4, 0.5) is 0 Å². The third kappa shape index (κ3) is 1.27. The minimum atomic E-state index is -0.413. The molecule has 3 unspecified atom stereocenters. The summed E-state index contributed by atoms with van der Waals surface area (Å²) in [5.41, 5.74) is 2.81. The topological polar surface area (TPSA) is 20.2 Å². The zero-order chi connectivity index (χ0) is 11.7. The highest BCUT2D eigenvalue weighted by Gasteiger charge is 2.63. The minimum Gasteiger partial charge on any atom is -0.390 e. The molecule has 0 radical (unpaired) electrons. The quantitative estimate of drug-likeness (QED) is 0.672. The highest BCUT2D eigenvalue weighted by Crippen LogP contribution is 2.67. The molecule has 0 aromatic rings. The van der Waals surface area contributed by atoms with Crippen molar-refractivity contribution in [3.05, 3.63) is 11.1 Å². The van der Waals surface area contributed by atoms with E-state index >= 15 is 0 Å². The van der Waals surface area contributed by atoms with Gasteiger partial charge in [0.25, 0.3) is 0 Å². The van der Waals surface area contributed by atoms with Crippen LogP contribution in [0.15, 0.2) is 11.1 Å². The lowest BCUT2D eigenvalue weighted by atomic mass is 9.79. The molecule has 3 rings (SSSR count). The molecule has 0 amide bonds. The van der Waals surface area contributed by atoms with Crippen LogP contribution in [0, 0.1) is 29.6 Å². The van der Waals surface area contributed by atoms with Crippen molar-refractivity contribution in [3.8, 4) is 0 Å². The number of allylic oxidation sites excluding steroid dienone is 1. The Labute approximate surface area is 98.9 Å². The van der Waals surface area contributed by atoms with Crippen LogP contribution in [0.1, 0.15) is 47.0 Å². The molecule has 0 saturated heterocycles. The molecular weight excluding hydrogens is 196 g/mol. The first-order valence-electron chi connectivity index (χ1n) is 6.84. The molecule has 16 heavy (non-hydrogen) atoms. The molecule has 2 saturated carbocycles. The van der Waals surface area contributed by atoms with Crippen LogP contribution in [0.3, 0.4) is 0 Å². The van der Waals surface area contributed by atoms with Crippen molar-refractivity contribution in [1.82, 2.24) is 0 Å². The Morgan fingerprint density at radius 3 is 2.69 bits per heavy atom. The monoisotopic (exact) mass is 220 g/mol. The van der Waals surface area contributed by atoms with Crippen molar-refractivity contribution in [2.75, 3.05) is 0 Å². The molecular formula is C15H24O. The molecule has 0 spiro atoms. The summed E-state index contributed by atoms with van der Waals surface area (Å²) in [7, 11) is 0. The summed E-state index contributed by atoms with van der Waals surface area (Å²) in [5, 5.41) is 10.6. The Morgan fingerprint density at radius 2 is 2.06 bits per heavy atom. The van der Waals surface area contributed by atoms with Gasteiger partial charge in [-0.25, -0.2) is 0 Å². The first kappa shape index (κ1) is 10.8. The first-order valence-corrected chi connectivity index (χ1v) is 6.84. The van der Waals surface area contributed by atoms with Crippen molar-refractivity contribution >= 4 is 0 Å². The number of rotatable bonds is 1. The summed E-state index contributed by atoms with van der Waals surface area (Å²) < 4.78 is 0. The third-order valence-electron chi connectivity index (χ3n) is 5.48. The van der Waals surface area contributed by atoms with E-state index in [0.717, 1.165) is 36.5 Å². The van der Waals surface area contributed by atoms with E-state index in [1.54, 1.807) is 11.1 Å². The molecule has 1 heteroatoms. The molecule has 2 fully saturated rings. The summed E-state index contributed by atoms with van der Waals surface area (Å²) in [6.45, 7) is 9.06. The lowest BCUT2D eigenvalue weighted by Crippen LogP contribution is -2.33. The minimum absolute atomic E-state index is 0.413. The van der Waals surface area contributed by atoms with Crippen molar-refractivity contribution in [1.29, 1.82) is 0 Å². The summed E-state index contributed by atoms with van der Waals surface area (Å²) in [4.78, 5) is 0. The summed E-state index contributed by atoms with van der Waals surface area (Å²) >= 11 is 0. The van der Waals surface area contributed by atoms with Crippen molar-refractivity contribution in [2.24, 2.45) is 29.6 Å². The Kier molecular flexibility index (Phi) is 2.12. The van der Waals surface area contributed by atoms with Crippen molar-refractivity contribution in [2.45, 2.75) is 52.6 Å². The van der Waals surface area contributed by atoms with Gasteiger partial charge in [0.2, 0.25) is 0 Å².